The Morgan fingerprint density at radius 3 is 1.69 bits per heavy atom. The first-order valence-electron chi connectivity index (χ1n) is 23.7. The molecular formula is C48H64O27. The minimum atomic E-state index is -1.85. The Morgan fingerprint density at radius 1 is 0.613 bits per heavy atom. The fourth-order valence-electron chi connectivity index (χ4n) is 8.86. The Hall–Kier alpha value is -5.18. The van der Waals surface area contributed by atoms with Crippen LogP contribution in [0.5, 0.6) is 5.75 Å². The lowest BCUT2D eigenvalue weighted by Crippen LogP contribution is -2.60. The number of hydrogen-bond acceptors (Lipinski definition) is 27. The molecule has 0 bridgehead atoms. The van der Waals surface area contributed by atoms with Crippen molar-refractivity contribution in [2.24, 2.45) is 17.8 Å². The largest absolute Gasteiger partial charge is 0.471 e. The van der Waals surface area contributed by atoms with Gasteiger partial charge in [-0.2, -0.15) is 0 Å². The number of ether oxygens (including phenoxy) is 12. The highest BCUT2D eigenvalue weighted by Gasteiger charge is 2.50. The lowest BCUT2D eigenvalue weighted by Gasteiger charge is -2.43. The zero-order valence-electron chi connectivity index (χ0n) is 40.8. The summed E-state index contributed by atoms with van der Waals surface area (Å²) in [5.41, 5.74) is 0.661. The first-order valence-corrected chi connectivity index (χ1v) is 23.7. The average Bonchev–Trinajstić information content (AvgIpc) is 3.41. The second kappa shape index (κ2) is 26.7. The number of hydrogen-bond donors (Lipinski definition) is 11. The van der Waals surface area contributed by atoms with E-state index in [2.05, 4.69) is 6.58 Å². The summed E-state index contributed by atoms with van der Waals surface area (Å²) in [4.78, 5) is 52.1. The van der Waals surface area contributed by atoms with Crippen molar-refractivity contribution >= 4 is 23.9 Å². The first-order chi connectivity index (χ1) is 35.8. The van der Waals surface area contributed by atoms with E-state index >= 15 is 0 Å². The molecule has 27 heteroatoms. The van der Waals surface area contributed by atoms with Crippen LogP contribution >= 0.6 is 0 Å². The van der Waals surface area contributed by atoms with Crippen LogP contribution in [-0.2, 0) is 77.7 Å². The maximum absolute atomic E-state index is 13.4. The second-order valence-corrected chi connectivity index (χ2v) is 17.9. The maximum atomic E-state index is 13.4. The molecule has 1 aromatic carbocycles. The van der Waals surface area contributed by atoms with Gasteiger partial charge in [-0.25, -0.2) is 9.59 Å². The molecule has 75 heavy (non-hydrogen) atoms. The van der Waals surface area contributed by atoms with Gasteiger partial charge in [0.1, 0.15) is 85.6 Å². The Labute approximate surface area is 428 Å². The molecule has 1 aromatic rings. The molecule has 418 valence electrons. The Kier molecular flexibility index (Phi) is 21.1. The van der Waals surface area contributed by atoms with Crippen LogP contribution in [0.1, 0.15) is 25.3 Å². The van der Waals surface area contributed by atoms with Gasteiger partial charge in [-0.05, 0) is 24.6 Å². The van der Waals surface area contributed by atoms with E-state index in [0.29, 0.717) is 5.56 Å². The second-order valence-electron chi connectivity index (χ2n) is 17.9. The molecule has 0 saturated carbocycles. The van der Waals surface area contributed by atoms with E-state index in [1.165, 1.54) is 24.3 Å². The van der Waals surface area contributed by atoms with Gasteiger partial charge in [-0.1, -0.05) is 24.3 Å². The van der Waals surface area contributed by atoms with Crippen LogP contribution in [-0.4, -0.2) is 225 Å². The molecule has 5 aliphatic rings. The van der Waals surface area contributed by atoms with E-state index in [1.54, 1.807) is 19.1 Å². The van der Waals surface area contributed by atoms with Crippen molar-refractivity contribution < 1.29 is 132 Å². The molecule has 3 saturated heterocycles. The molecule has 0 amide bonds. The Balaban J connectivity index is 1.01. The minimum Gasteiger partial charge on any atom is -0.471 e. The highest BCUT2D eigenvalue weighted by Crippen LogP contribution is 2.39. The van der Waals surface area contributed by atoms with E-state index in [0.717, 1.165) is 26.7 Å². The molecule has 3 fully saturated rings. The molecule has 20 atom stereocenters. The highest BCUT2D eigenvalue weighted by atomic mass is 16.8. The summed E-state index contributed by atoms with van der Waals surface area (Å²) >= 11 is 0. The summed E-state index contributed by atoms with van der Waals surface area (Å²) in [6.07, 6.45) is -23.6. The van der Waals surface area contributed by atoms with Crippen LogP contribution in [0.4, 0.5) is 0 Å². The van der Waals surface area contributed by atoms with Crippen molar-refractivity contribution in [3.63, 3.8) is 0 Å². The number of esters is 4. The SMILES string of the molecule is C=C[C@@H]1[C@@H](O[C@@H]2O[C@H](CO)[C@H](O)[C@H](O)[C@H]2O)OC=C(C(=O)OC)[C@H]1CC(=O)OC[C@H]1O[C@@H](Oc2ccc(CCOC(=O)C[C@@H]3C(C(=O)OC)=CO[C@@H](O[C@@H]4O[C@H](CO)[C@H](O)[C@H](O)[C@H]4O)/C3=C/C)cc2)[C@H](O)[C@@H](O)[C@H]1O. The third-order valence-electron chi connectivity index (χ3n) is 13.2. The smallest absolute Gasteiger partial charge is 0.337 e. The maximum Gasteiger partial charge on any atom is 0.337 e. The van der Waals surface area contributed by atoms with Crippen LogP contribution in [0, 0.1) is 17.8 Å². The van der Waals surface area contributed by atoms with E-state index in [-0.39, 0.29) is 35.5 Å². The molecule has 5 aliphatic heterocycles. The van der Waals surface area contributed by atoms with Crippen molar-refractivity contribution in [2.75, 3.05) is 40.6 Å². The van der Waals surface area contributed by atoms with E-state index in [9.17, 15) is 75.3 Å². The standard InChI is InChI=1S/C48H64O27/c1-5-22-24(26(42(62)64-3)17-68-44(22)74-47-40(60)36(56)33(53)28(15-49)71-47)13-31(51)66-12-11-20-7-9-21(10-8-20)70-46-39(59)38(58)35(55)30(73-46)19-67-32(52)14-25-23(6-2)45(69-18-27(25)43(63)65-4)75-48-41(61)37(57)34(54)29(16-50)72-48/h5-10,17-18,23-25,28-30,33-41,44-50,53-61H,2,11-16,19H2,1,3-4H3/b22-5+/t23-,24-,25-,28+,29+,30+,33-,34-,35-,36-,37-,38-,39+,40+,41+,44-,45+,46+,47-,48-/m0/s1. The van der Waals surface area contributed by atoms with Crippen molar-refractivity contribution in [3.8, 4) is 5.75 Å². The van der Waals surface area contributed by atoms with Gasteiger partial charge in [0.05, 0.1) is 70.6 Å². The first kappa shape index (κ1) is 59.1. The molecule has 0 radical (unpaired) electrons. The van der Waals surface area contributed by atoms with Gasteiger partial charge in [0, 0.05) is 29.7 Å². The fourth-order valence-corrected chi connectivity index (χ4v) is 8.86. The molecule has 0 spiro atoms. The third kappa shape index (κ3) is 13.7. The third-order valence-corrected chi connectivity index (χ3v) is 13.2. The number of benzene rings is 1. The number of aliphatic hydroxyl groups is 11. The Morgan fingerprint density at radius 2 is 1.13 bits per heavy atom. The summed E-state index contributed by atoms with van der Waals surface area (Å²) in [6, 6.07) is 6.16. The molecule has 5 heterocycles. The summed E-state index contributed by atoms with van der Waals surface area (Å²) < 4.78 is 65.7. The lowest BCUT2D eigenvalue weighted by atomic mass is 9.81. The van der Waals surface area contributed by atoms with Gasteiger partial charge in [-0.3, -0.25) is 9.59 Å². The predicted molar refractivity (Wildman–Crippen MR) is 243 cm³/mol. The van der Waals surface area contributed by atoms with Crippen LogP contribution in [0.2, 0.25) is 0 Å². The van der Waals surface area contributed by atoms with E-state index < -0.39 is 179 Å². The summed E-state index contributed by atoms with van der Waals surface area (Å²) in [6.45, 7) is 3.04. The van der Waals surface area contributed by atoms with Crippen LogP contribution < -0.4 is 4.74 Å². The number of allylic oxidation sites excluding steroid dienone is 1. The molecule has 0 aromatic heterocycles. The average molecular weight is 1070 g/mol. The molecular weight excluding hydrogens is 1010 g/mol. The number of rotatable bonds is 20. The number of carbonyl (C=O) groups is 4. The van der Waals surface area contributed by atoms with Gasteiger partial charge < -0.3 is 113 Å². The normalized spacial score (nSPS) is 37.4. The quantitative estimate of drug-likeness (QED) is 0.0334. The fraction of sp³-hybridized carbons (Fsp3) is 0.625. The Bertz CT molecular complexity index is 2200. The van der Waals surface area contributed by atoms with Gasteiger partial charge >= 0.3 is 23.9 Å². The minimum absolute atomic E-state index is 0.0601. The van der Waals surface area contributed by atoms with Gasteiger partial charge in [0.15, 0.2) is 12.6 Å². The predicted octanol–water partition coefficient (Wildman–Crippen LogP) is -4.28. The zero-order valence-corrected chi connectivity index (χ0v) is 40.8. The highest BCUT2D eigenvalue weighted by molar-refractivity contribution is 5.91. The molecule has 11 N–H and O–H groups in total. The van der Waals surface area contributed by atoms with Crippen molar-refractivity contribution in [3.05, 3.63) is 77.8 Å². The molecule has 27 nitrogen and oxygen atoms in total. The van der Waals surface area contributed by atoms with Crippen LogP contribution in [0.3, 0.4) is 0 Å². The molecule has 0 unspecified atom stereocenters. The van der Waals surface area contributed by atoms with E-state index in [4.69, 9.17) is 56.8 Å². The van der Waals surface area contributed by atoms with Crippen LogP contribution in [0.15, 0.2) is 72.2 Å². The van der Waals surface area contributed by atoms with Gasteiger partial charge in [0.2, 0.25) is 18.9 Å². The van der Waals surface area contributed by atoms with Gasteiger partial charge in [0.25, 0.3) is 0 Å². The van der Waals surface area contributed by atoms with Crippen LogP contribution in [0.25, 0.3) is 0 Å². The summed E-state index contributed by atoms with van der Waals surface area (Å²) in [5, 5.41) is 113. The van der Waals surface area contributed by atoms with Crippen molar-refractivity contribution in [1.29, 1.82) is 0 Å². The van der Waals surface area contributed by atoms with Gasteiger partial charge in [-0.15, -0.1) is 6.58 Å². The molecule has 0 aliphatic carbocycles. The van der Waals surface area contributed by atoms with E-state index in [1.807, 2.05) is 0 Å². The van der Waals surface area contributed by atoms with Crippen molar-refractivity contribution in [1.82, 2.24) is 0 Å². The lowest BCUT2D eigenvalue weighted by molar-refractivity contribution is -0.339. The zero-order chi connectivity index (χ0) is 54.8. The molecule has 6 rings (SSSR count). The topological polar surface area (TPSA) is 402 Å². The van der Waals surface area contributed by atoms with Crippen molar-refractivity contribution in [2.45, 2.75) is 131 Å². The monoisotopic (exact) mass is 1070 g/mol. The summed E-state index contributed by atoms with van der Waals surface area (Å²) in [7, 11) is 2.21. The number of aliphatic hydroxyl groups excluding tert-OH is 11. The number of carbonyl (C=O) groups excluding carboxylic acids is 4. The summed E-state index contributed by atoms with van der Waals surface area (Å²) in [5.74, 6) is -6.48. The number of methoxy groups -OCH3 is 2.